The SMILES string of the molecule is CC(C)C(C)(O)CN1CC2CC1CS2. The molecule has 3 atom stereocenters. The molecule has 2 fully saturated rings. The van der Waals surface area contributed by atoms with Crippen molar-refractivity contribution in [2.45, 2.75) is 44.1 Å². The fourth-order valence-corrected chi connectivity index (χ4v) is 3.76. The minimum absolute atomic E-state index is 0.342. The third-order valence-electron chi connectivity index (χ3n) is 3.78. The van der Waals surface area contributed by atoms with Gasteiger partial charge in [0, 0.05) is 30.1 Å². The van der Waals surface area contributed by atoms with Crippen LogP contribution in [0.2, 0.25) is 0 Å². The van der Waals surface area contributed by atoms with Gasteiger partial charge in [0.25, 0.3) is 0 Å². The lowest BCUT2D eigenvalue weighted by atomic mass is 9.92. The Kier molecular flexibility index (Phi) is 2.84. The Balaban J connectivity index is 1.92. The first-order valence-electron chi connectivity index (χ1n) is 5.57. The van der Waals surface area contributed by atoms with Crippen molar-refractivity contribution in [2.75, 3.05) is 18.8 Å². The Morgan fingerprint density at radius 3 is 2.71 bits per heavy atom. The van der Waals surface area contributed by atoms with Crippen molar-refractivity contribution in [3.63, 3.8) is 0 Å². The van der Waals surface area contributed by atoms with Gasteiger partial charge in [-0.1, -0.05) is 13.8 Å². The van der Waals surface area contributed by atoms with Crippen molar-refractivity contribution >= 4 is 11.8 Å². The molecule has 82 valence electrons. The van der Waals surface area contributed by atoms with Crippen LogP contribution in [0.4, 0.5) is 0 Å². The monoisotopic (exact) mass is 215 g/mol. The van der Waals surface area contributed by atoms with E-state index >= 15 is 0 Å². The highest BCUT2D eigenvalue weighted by atomic mass is 32.2. The Morgan fingerprint density at radius 2 is 2.29 bits per heavy atom. The van der Waals surface area contributed by atoms with Crippen LogP contribution < -0.4 is 0 Å². The van der Waals surface area contributed by atoms with Crippen molar-refractivity contribution in [2.24, 2.45) is 5.92 Å². The van der Waals surface area contributed by atoms with Crippen LogP contribution in [0.1, 0.15) is 27.2 Å². The molecule has 2 aliphatic rings. The van der Waals surface area contributed by atoms with E-state index < -0.39 is 5.60 Å². The second kappa shape index (κ2) is 3.69. The minimum Gasteiger partial charge on any atom is -0.389 e. The number of thioether (sulfide) groups is 1. The van der Waals surface area contributed by atoms with E-state index in [0.29, 0.717) is 5.92 Å². The van der Waals surface area contributed by atoms with E-state index in [1.54, 1.807) is 0 Å². The molecule has 0 saturated carbocycles. The van der Waals surface area contributed by atoms with E-state index in [4.69, 9.17) is 0 Å². The van der Waals surface area contributed by atoms with Gasteiger partial charge in [0.05, 0.1) is 5.60 Å². The van der Waals surface area contributed by atoms with Gasteiger partial charge in [0.15, 0.2) is 0 Å². The molecule has 14 heavy (non-hydrogen) atoms. The summed E-state index contributed by atoms with van der Waals surface area (Å²) in [5.41, 5.74) is -0.519. The van der Waals surface area contributed by atoms with Crippen molar-refractivity contribution in [3.8, 4) is 0 Å². The maximum absolute atomic E-state index is 10.2. The number of hydrogen-bond donors (Lipinski definition) is 1. The standard InChI is InChI=1S/C11H21NOS/c1-8(2)11(3,13)7-12-5-10-4-9(12)6-14-10/h8-10,13H,4-7H2,1-3H3. The normalized spacial score (nSPS) is 36.6. The summed E-state index contributed by atoms with van der Waals surface area (Å²) in [6.07, 6.45) is 1.35. The van der Waals surface area contributed by atoms with Gasteiger partial charge in [-0.15, -0.1) is 0 Å². The van der Waals surface area contributed by atoms with E-state index in [-0.39, 0.29) is 0 Å². The first-order chi connectivity index (χ1) is 6.49. The Bertz CT molecular complexity index is 217. The Labute approximate surface area is 91.1 Å². The molecule has 2 bridgehead atoms. The summed E-state index contributed by atoms with van der Waals surface area (Å²) in [6, 6.07) is 0.746. The highest BCUT2D eigenvalue weighted by Crippen LogP contribution is 2.38. The van der Waals surface area contributed by atoms with Crippen LogP contribution in [0, 0.1) is 5.92 Å². The molecular formula is C11H21NOS. The summed E-state index contributed by atoms with van der Waals surface area (Å²) in [4.78, 5) is 2.49. The van der Waals surface area contributed by atoms with Gasteiger partial charge >= 0.3 is 0 Å². The van der Waals surface area contributed by atoms with Gasteiger partial charge in [-0.05, 0) is 19.3 Å². The van der Waals surface area contributed by atoms with Crippen LogP contribution in [-0.4, -0.2) is 45.7 Å². The van der Waals surface area contributed by atoms with Gasteiger partial charge in [0.1, 0.15) is 0 Å². The highest BCUT2D eigenvalue weighted by Gasteiger charge is 2.41. The summed E-state index contributed by atoms with van der Waals surface area (Å²) in [5, 5.41) is 11.1. The maximum atomic E-state index is 10.2. The molecule has 2 aliphatic heterocycles. The zero-order chi connectivity index (χ0) is 10.3. The summed E-state index contributed by atoms with van der Waals surface area (Å²) >= 11 is 2.11. The van der Waals surface area contributed by atoms with Gasteiger partial charge in [-0.2, -0.15) is 11.8 Å². The molecule has 3 heteroatoms. The van der Waals surface area contributed by atoms with Crippen molar-refractivity contribution < 1.29 is 5.11 Å². The smallest absolute Gasteiger partial charge is 0.0768 e. The Hall–Kier alpha value is 0.270. The lowest BCUT2D eigenvalue weighted by molar-refractivity contribution is -0.0203. The molecular weight excluding hydrogens is 194 g/mol. The molecule has 2 saturated heterocycles. The van der Waals surface area contributed by atoms with E-state index in [1.165, 1.54) is 18.7 Å². The molecule has 0 aromatic heterocycles. The quantitative estimate of drug-likeness (QED) is 0.773. The summed E-state index contributed by atoms with van der Waals surface area (Å²) in [7, 11) is 0. The van der Waals surface area contributed by atoms with Gasteiger partial charge < -0.3 is 5.11 Å². The van der Waals surface area contributed by atoms with E-state index in [9.17, 15) is 5.11 Å². The highest BCUT2D eigenvalue weighted by molar-refractivity contribution is 8.00. The largest absolute Gasteiger partial charge is 0.389 e. The van der Waals surface area contributed by atoms with Crippen LogP contribution in [-0.2, 0) is 0 Å². The van der Waals surface area contributed by atoms with Crippen molar-refractivity contribution in [1.82, 2.24) is 4.90 Å². The predicted octanol–water partition coefficient (Wildman–Crippen LogP) is 1.58. The van der Waals surface area contributed by atoms with Gasteiger partial charge in [-0.3, -0.25) is 4.90 Å². The Morgan fingerprint density at radius 1 is 1.57 bits per heavy atom. The third kappa shape index (κ3) is 1.95. The molecule has 2 rings (SSSR count). The topological polar surface area (TPSA) is 23.5 Å². The molecule has 0 amide bonds. The lowest BCUT2D eigenvalue weighted by Gasteiger charge is -2.36. The second-order valence-electron chi connectivity index (χ2n) is 5.29. The first-order valence-corrected chi connectivity index (χ1v) is 6.62. The molecule has 0 aliphatic carbocycles. The van der Waals surface area contributed by atoms with Gasteiger partial charge in [-0.25, -0.2) is 0 Å². The fourth-order valence-electron chi connectivity index (χ4n) is 2.27. The van der Waals surface area contributed by atoms with Crippen molar-refractivity contribution in [1.29, 1.82) is 0 Å². The number of likely N-dealkylation sites (tertiary alicyclic amines) is 1. The average Bonchev–Trinajstić information content (AvgIpc) is 2.63. The number of fused-ring (bicyclic) bond motifs is 2. The number of β-amino-alcohol motifs (C(OH)–C–C–N with tert-alkyl or cyclic N) is 1. The maximum Gasteiger partial charge on any atom is 0.0768 e. The van der Waals surface area contributed by atoms with Crippen LogP contribution in [0.15, 0.2) is 0 Å². The van der Waals surface area contributed by atoms with Crippen molar-refractivity contribution in [3.05, 3.63) is 0 Å². The van der Waals surface area contributed by atoms with Crippen LogP contribution >= 0.6 is 11.8 Å². The first kappa shape index (κ1) is 10.8. The molecule has 0 aromatic carbocycles. The number of aliphatic hydroxyl groups is 1. The van der Waals surface area contributed by atoms with Crippen LogP contribution in [0.5, 0.6) is 0 Å². The molecule has 2 nitrogen and oxygen atoms in total. The summed E-state index contributed by atoms with van der Waals surface area (Å²) in [5.74, 6) is 1.62. The van der Waals surface area contributed by atoms with E-state index in [1.807, 2.05) is 6.92 Å². The van der Waals surface area contributed by atoms with Gasteiger partial charge in [0.2, 0.25) is 0 Å². The van der Waals surface area contributed by atoms with Crippen LogP contribution in [0.25, 0.3) is 0 Å². The number of rotatable bonds is 3. The molecule has 3 unspecified atom stereocenters. The molecule has 0 spiro atoms. The predicted molar refractivity (Wildman–Crippen MR) is 61.7 cm³/mol. The number of hydrogen-bond acceptors (Lipinski definition) is 3. The lowest BCUT2D eigenvalue weighted by Crippen LogP contribution is -2.47. The fraction of sp³-hybridized carbons (Fsp3) is 1.00. The second-order valence-corrected chi connectivity index (χ2v) is 6.62. The number of nitrogens with zero attached hydrogens (tertiary/aromatic N) is 1. The third-order valence-corrected chi connectivity index (χ3v) is 5.17. The average molecular weight is 215 g/mol. The molecule has 1 N–H and O–H groups in total. The zero-order valence-corrected chi connectivity index (χ0v) is 10.2. The minimum atomic E-state index is -0.519. The summed E-state index contributed by atoms with van der Waals surface area (Å²) in [6.45, 7) is 8.22. The molecule has 0 radical (unpaired) electrons. The van der Waals surface area contributed by atoms with E-state index in [2.05, 4.69) is 30.5 Å². The molecule has 2 heterocycles. The van der Waals surface area contributed by atoms with Crippen LogP contribution in [0.3, 0.4) is 0 Å². The van der Waals surface area contributed by atoms with E-state index in [0.717, 1.165) is 17.8 Å². The molecule has 0 aromatic rings. The summed E-state index contributed by atoms with van der Waals surface area (Å²) < 4.78 is 0. The zero-order valence-electron chi connectivity index (χ0n) is 9.36.